The maximum Gasteiger partial charge on any atom is 0.227 e. The molecule has 1 N–H and O–H groups in total. The van der Waals surface area contributed by atoms with Crippen molar-refractivity contribution in [3.63, 3.8) is 0 Å². The molecule has 1 atom stereocenters. The third kappa shape index (κ3) is 3.53. The molecule has 1 aliphatic rings. The van der Waals surface area contributed by atoms with Crippen LogP contribution >= 0.6 is 11.6 Å². The largest absolute Gasteiger partial charge is 0.438 e. The predicted molar refractivity (Wildman–Crippen MR) is 146 cm³/mol. The number of halogens is 1. The molecule has 6 aromatic rings. The summed E-state index contributed by atoms with van der Waals surface area (Å²) in [6.07, 6.45) is 1.39. The van der Waals surface area contributed by atoms with Crippen LogP contribution in [0.25, 0.3) is 32.8 Å². The first-order valence-electron chi connectivity index (χ1n) is 11.7. The number of hydrogen-bond acceptors (Lipinski definition) is 5. The molecule has 36 heavy (non-hydrogen) atoms. The van der Waals surface area contributed by atoms with E-state index in [0.717, 1.165) is 32.8 Å². The van der Waals surface area contributed by atoms with E-state index in [2.05, 4.69) is 40.6 Å². The Kier molecular flexibility index (Phi) is 4.82. The summed E-state index contributed by atoms with van der Waals surface area (Å²) in [6, 6.07) is 32.4. The normalized spacial score (nSPS) is 15.6. The Hall–Kier alpha value is -4.48. The molecule has 0 fully saturated rings. The van der Waals surface area contributed by atoms with Gasteiger partial charge in [0.1, 0.15) is 17.6 Å². The molecule has 1 aliphatic heterocycles. The minimum absolute atomic E-state index is 0.331. The average Bonchev–Trinajstić information content (AvgIpc) is 3.30. The molecule has 172 valence electrons. The SMILES string of the molecule is Clc1cc(C2=NC(c3ccccc3)=NC(c3ccc4ccccc4c3)N2)c2c(c1)oc1ncccc12. The molecule has 5 nitrogen and oxygen atoms in total. The summed E-state index contributed by atoms with van der Waals surface area (Å²) in [5, 5.41) is 8.31. The number of aliphatic imine (C=N–C) groups is 2. The lowest BCUT2D eigenvalue weighted by Crippen LogP contribution is -2.33. The van der Waals surface area contributed by atoms with Crippen LogP contribution in [0.5, 0.6) is 0 Å². The fourth-order valence-corrected chi connectivity index (χ4v) is 4.95. The monoisotopic (exact) mass is 486 g/mol. The summed E-state index contributed by atoms with van der Waals surface area (Å²) >= 11 is 6.55. The zero-order chi connectivity index (χ0) is 24.1. The van der Waals surface area contributed by atoms with E-state index in [1.807, 2.05) is 66.7 Å². The Balaban J connectivity index is 1.44. The van der Waals surface area contributed by atoms with Gasteiger partial charge in [0.05, 0.1) is 0 Å². The van der Waals surface area contributed by atoms with E-state index >= 15 is 0 Å². The van der Waals surface area contributed by atoms with Crippen molar-refractivity contribution < 1.29 is 4.42 Å². The second-order valence-electron chi connectivity index (χ2n) is 8.72. The Labute approximate surface area is 211 Å². The molecular formula is C30H19ClN4O. The van der Waals surface area contributed by atoms with Gasteiger partial charge in [0.15, 0.2) is 5.84 Å². The number of benzene rings is 4. The lowest BCUT2D eigenvalue weighted by Gasteiger charge is -2.24. The van der Waals surface area contributed by atoms with Crippen molar-refractivity contribution in [3.05, 3.63) is 125 Å². The summed E-state index contributed by atoms with van der Waals surface area (Å²) in [5.41, 5.74) is 4.07. The van der Waals surface area contributed by atoms with Crippen molar-refractivity contribution in [1.29, 1.82) is 0 Å². The summed E-state index contributed by atoms with van der Waals surface area (Å²) in [7, 11) is 0. The molecule has 0 radical (unpaired) electrons. The Morgan fingerprint density at radius 2 is 1.64 bits per heavy atom. The van der Waals surface area contributed by atoms with Crippen molar-refractivity contribution in [2.45, 2.75) is 6.17 Å². The molecule has 0 saturated heterocycles. The van der Waals surface area contributed by atoms with Crippen LogP contribution < -0.4 is 5.32 Å². The summed E-state index contributed by atoms with van der Waals surface area (Å²) < 4.78 is 6.03. The summed E-state index contributed by atoms with van der Waals surface area (Å²) in [5.74, 6) is 1.34. The highest BCUT2D eigenvalue weighted by Gasteiger charge is 2.24. The van der Waals surface area contributed by atoms with E-state index in [1.165, 1.54) is 5.39 Å². The van der Waals surface area contributed by atoms with Crippen molar-refractivity contribution in [2.75, 3.05) is 0 Å². The van der Waals surface area contributed by atoms with E-state index in [1.54, 1.807) is 6.20 Å². The molecule has 2 aromatic heterocycles. The fourth-order valence-electron chi connectivity index (χ4n) is 4.74. The van der Waals surface area contributed by atoms with Gasteiger partial charge in [-0.3, -0.25) is 0 Å². The van der Waals surface area contributed by atoms with Gasteiger partial charge in [-0.2, -0.15) is 0 Å². The summed E-state index contributed by atoms with van der Waals surface area (Å²) in [4.78, 5) is 14.4. The number of fused-ring (bicyclic) bond motifs is 4. The Morgan fingerprint density at radius 3 is 2.53 bits per heavy atom. The highest BCUT2D eigenvalue weighted by Crippen LogP contribution is 2.34. The quantitative estimate of drug-likeness (QED) is 0.286. The van der Waals surface area contributed by atoms with Gasteiger partial charge < -0.3 is 9.73 Å². The van der Waals surface area contributed by atoms with E-state index in [0.29, 0.717) is 28.0 Å². The van der Waals surface area contributed by atoms with Crippen LogP contribution in [-0.2, 0) is 0 Å². The van der Waals surface area contributed by atoms with Crippen molar-refractivity contribution in [3.8, 4) is 0 Å². The molecular weight excluding hydrogens is 468 g/mol. The number of nitrogens with one attached hydrogen (secondary N) is 1. The molecule has 0 spiro atoms. The van der Waals surface area contributed by atoms with Gasteiger partial charge in [0.25, 0.3) is 0 Å². The highest BCUT2D eigenvalue weighted by atomic mass is 35.5. The maximum atomic E-state index is 6.55. The second-order valence-corrected chi connectivity index (χ2v) is 9.15. The lowest BCUT2D eigenvalue weighted by atomic mass is 10.0. The topological polar surface area (TPSA) is 62.8 Å². The van der Waals surface area contributed by atoms with Gasteiger partial charge in [0.2, 0.25) is 5.71 Å². The van der Waals surface area contributed by atoms with Crippen LogP contribution in [0.15, 0.2) is 118 Å². The van der Waals surface area contributed by atoms with Crippen LogP contribution in [-0.4, -0.2) is 16.7 Å². The number of amidine groups is 2. The molecule has 3 heterocycles. The van der Waals surface area contributed by atoms with E-state index in [9.17, 15) is 0 Å². The van der Waals surface area contributed by atoms with E-state index in [4.69, 9.17) is 26.0 Å². The predicted octanol–water partition coefficient (Wildman–Crippen LogP) is 7.28. The maximum absolute atomic E-state index is 6.55. The Bertz CT molecular complexity index is 1840. The zero-order valence-electron chi connectivity index (χ0n) is 19.0. The third-order valence-electron chi connectivity index (χ3n) is 6.43. The van der Waals surface area contributed by atoms with Gasteiger partial charge in [0, 0.05) is 39.2 Å². The van der Waals surface area contributed by atoms with Crippen LogP contribution in [0.3, 0.4) is 0 Å². The minimum atomic E-state index is -0.331. The second kappa shape index (κ2) is 8.33. The van der Waals surface area contributed by atoms with E-state index < -0.39 is 0 Å². The number of furan rings is 1. The smallest absolute Gasteiger partial charge is 0.227 e. The first kappa shape index (κ1) is 20.9. The van der Waals surface area contributed by atoms with Gasteiger partial charge >= 0.3 is 0 Å². The Morgan fingerprint density at radius 1 is 0.806 bits per heavy atom. The number of rotatable bonds is 3. The van der Waals surface area contributed by atoms with Crippen molar-refractivity contribution >= 4 is 56.1 Å². The molecule has 7 rings (SSSR count). The van der Waals surface area contributed by atoms with E-state index in [-0.39, 0.29) is 6.17 Å². The minimum Gasteiger partial charge on any atom is -0.438 e. The third-order valence-corrected chi connectivity index (χ3v) is 6.65. The van der Waals surface area contributed by atoms with Crippen molar-refractivity contribution in [2.24, 2.45) is 9.98 Å². The van der Waals surface area contributed by atoms with Crippen LogP contribution in [0, 0.1) is 0 Å². The van der Waals surface area contributed by atoms with Crippen LogP contribution in [0.2, 0.25) is 5.02 Å². The van der Waals surface area contributed by atoms with Gasteiger partial charge in [-0.05, 0) is 40.6 Å². The number of hydrogen-bond donors (Lipinski definition) is 1. The molecule has 1 unspecified atom stereocenters. The number of aromatic nitrogens is 1. The van der Waals surface area contributed by atoms with Crippen LogP contribution in [0.4, 0.5) is 0 Å². The highest BCUT2D eigenvalue weighted by molar-refractivity contribution is 6.33. The first-order chi connectivity index (χ1) is 17.7. The number of pyridine rings is 1. The molecule has 6 heteroatoms. The van der Waals surface area contributed by atoms with Gasteiger partial charge in [-0.1, -0.05) is 78.3 Å². The molecule has 0 bridgehead atoms. The molecule has 4 aromatic carbocycles. The lowest BCUT2D eigenvalue weighted by molar-refractivity contribution is 0.654. The number of nitrogens with zero attached hydrogens (tertiary/aromatic N) is 3. The van der Waals surface area contributed by atoms with Crippen LogP contribution in [0.1, 0.15) is 22.9 Å². The molecule has 0 amide bonds. The van der Waals surface area contributed by atoms with Gasteiger partial charge in [-0.15, -0.1) is 0 Å². The molecule has 0 aliphatic carbocycles. The molecule has 0 saturated carbocycles. The summed E-state index contributed by atoms with van der Waals surface area (Å²) in [6.45, 7) is 0. The first-order valence-corrected chi connectivity index (χ1v) is 12.0. The fraction of sp³-hybridized carbons (Fsp3) is 0.0333. The standard InChI is InChI=1S/C30H19ClN4O/c31-22-16-24(26-23-11-6-14-32-30(23)36-25(26)17-22)29-34-27(19-8-2-1-3-9-19)33-28(35-29)21-13-12-18-7-4-5-10-20(18)15-21/h1-17,28H,(H,33,34,35). The van der Waals surface area contributed by atoms with Gasteiger partial charge in [-0.25, -0.2) is 15.0 Å². The zero-order valence-corrected chi connectivity index (χ0v) is 19.8. The average molecular weight is 487 g/mol. The van der Waals surface area contributed by atoms with Crippen molar-refractivity contribution in [1.82, 2.24) is 10.3 Å².